The Kier molecular flexibility index (Phi) is 5.75. The summed E-state index contributed by atoms with van der Waals surface area (Å²) in [6.07, 6.45) is 1.85. The molecule has 5 nitrogen and oxygen atoms in total. The van der Waals surface area contributed by atoms with Crippen LogP contribution in [0.25, 0.3) is 0 Å². The van der Waals surface area contributed by atoms with E-state index in [1.54, 1.807) is 30.4 Å². The monoisotopic (exact) mass is 298 g/mol. The number of benzene rings is 1. The van der Waals surface area contributed by atoms with E-state index in [-0.39, 0.29) is 12.3 Å². The maximum atomic E-state index is 12.7. The topological polar surface area (TPSA) is 66.5 Å². The van der Waals surface area contributed by atoms with Crippen LogP contribution in [0.15, 0.2) is 47.1 Å². The van der Waals surface area contributed by atoms with Crippen LogP contribution in [-0.2, 0) is 17.9 Å². The molecule has 2 aromatic rings. The minimum Gasteiger partial charge on any atom is -0.467 e. The van der Waals surface area contributed by atoms with E-state index >= 15 is 0 Å². The first-order valence-electron chi connectivity index (χ1n) is 7.01. The Morgan fingerprint density at radius 1 is 1.36 bits per heavy atom. The molecule has 0 radical (unpaired) electrons. The molecule has 0 aliphatic heterocycles. The first-order valence-corrected chi connectivity index (χ1v) is 7.01. The van der Waals surface area contributed by atoms with Crippen molar-refractivity contribution in [3.05, 3.63) is 59.5 Å². The lowest BCUT2D eigenvalue weighted by atomic mass is 10.1. The molecular weight excluding hydrogens is 280 g/mol. The van der Waals surface area contributed by atoms with Crippen molar-refractivity contribution >= 4 is 5.91 Å². The zero-order valence-corrected chi connectivity index (χ0v) is 12.5. The van der Waals surface area contributed by atoms with Crippen molar-refractivity contribution in [3.8, 4) is 6.07 Å². The molecule has 1 amide bonds. The minimum atomic E-state index is -0.121. The summed E-state index contributed by atoms with van der Waals surface area (Å²) in [5.41, 5.74) is 1.52. The van der Waals surface area contributed by atoms with Gasteiger partial charge in [-0.15, -0.1) is 0 Å². The number of hydrogen-bond acceptors (Lipinski definition) is 4. The van der Waals surface area contributed by atoms with Crippen molar-refractivity contribution in [2.75, 3.05) is 13.7 Å². The van der Waals surface area contributed by atoms with Crippen molar-refractivity contribution in [3.63, 3.8) is 0 Å². The zero-order chi connectivity index (χ0) is 15.8. The first kappa shape index (κ1) is 15.8. The van der Waals surface area contributed by atoms with E-state index in [0.29, 0.717) is 31.0 Å². The number of nitriles is 1. The molecule has 0 bridgehead atoms. The summed E-state index contributed by atoms with van der Waals surface area (Å²) in [4.78, 5) is 14.3. The highest BCUT2D eigenvalue weighted by molar-refractivity contribution is 5.94. The minimum absolute atomic E-state index is 0.121. The van der Waals surface area contributed by atoms with Crippen LogP contribution in [0.1, 0.15) is 28.1 Å². The molecule has 0 saturated heterocycles. The Morgan fingerprint density at radius 3 is 2.91 bits per heavy atom. The number of methoxy groups -OCH3 is 1. The first-order chi connectivity index (χ1) is 10.7. The van der Waals surface area contributed by atoms with Gasteiger partial charge in [0.15, 0.2) is 0 Å². The molecule has 1 aromatic carbocycles. The highest BCUT2D eigenvalue weighted by Crippen LogP contribution is 2.13. The van der Waals surface area contributed by atoms with E-state index < -0.39 is 0 Å². The molecular formula is C17H18N2O3. The van der Waals surface area contributed by atoms with Gasteiger partial charge in [-0.05, 0) is 29.8 Å². The van der Waals surface area contributed by atoms with Crippen molar-refractivity contribution in [2.45, 2.75) is 19.6 Å². The Morgan fingerprint density at radius 2 is 2.23 bits per heavy atom. The lowest BCUT2D eigenvalue weighted by Crippen LogP contribution is -2.31. The molecule has 0 N–H and O–H groups in total. The van der Waals surface area contributed by atoms with Crippen molar-refractivity contribution in [1.82, 2.24) is 4.90 Å². The summed E-state index contributed by atoms with van der Waals surface area (Å²) in [5.74, 6) is 0.573. The van der Waals surface area contributed by atoms with Crippen LogP contribution in [0.3, 0.4) is 0 Å². The quantitative estimate of drug-likeness (QED) is 0.788. The van der Waals surface area contributed by atoms with Gasteiger partial charge in [0.2, 0.25) is 0 Å². The predicted molar refractivity (Wildman–Crippen MR) is 80.8 cm³/mol. The number of carbonyl (C=O) groups excluding carboxylic acids is 1. The molecule has 114 valence electrons. The Labute approximate surface area is 129 Å². The van der Waals surface area contributed by atoms with Gasteiger partial charge in [-0.2, -0.15) is 5.26 Å². The number of ether oxygens (including phenoxy) is 1. The number of nitrogens with zero attached hydrogens (tertiary/aromatic N) is 2. The Bertz CT molecular complexity index is 644. The Hall–Kier alpha value is -2.58. The standard InChI is InChI=1S/C17H18N2O3/c1-21-13-14-5-2-6-15(11-14)17(20)19(9-4-8-18)12-16-7-3-10-22-16/h2-3,5-7,10-11H,4,9,12-13H2,1H3. The van der Waals surface area contributed by atoms with Crippen LogP contribution in [0.4, 0.5) is 0 Å². The molecule has 1 aromatic heterocycles. The summed E-state index contributed by atoms with van der Waals surface area (Å²) < 4.78 is 10.4. The summed E-state index contributed by atoms with van der Waals surface area (Å²) in [5, 5.41) is 8.78. The number of hydrogen-bond donors (Lipinski definition) is 0. The summed E-state index contributed by atoms with van der Waals surface area (Å²) in [7, 11) is 1.62. The van der Waals surface area contributed by atoms with Crippen LogP contribution in [0.2, 0.25) is 0 Å². The predicted octanol–water partition coefficient (Wildman–Crippen LogP) is 2.98. The van der Waals surface area contributed by atoms with Crippen LogP contribution in [0.5, 0.6) is 0 Å². The molecule has 0 unspecified atom stereocenters. The molecule has 0 saturated carbocycles. The van der Waals surface area contributed by atoms with Gasteiger partial charge < -0.3 is 14.1 Å². The second kappa shape index (κ2) is 8.01. The van der Waals surface area contributed by atoms with E-state index in [0.717, 1.165) is 5.56 Å². The van der Waals surface area contributed by atoms with Gasteiger partial charge in [-0.1, -0.05) is 12.1 Å². The third-order valence-electron chi connectivity index (χ3n) is 3.19. The van der Waals surface area contributed by atoms with E-state index in [4.69, 9.17) is 14.4 Å². The highest BCUT2D eigenvalue weighted by atomic mass is 16.5. The SMILES string of the molecule is COCc1cccc(C(=O)N(CCC#N)Cc2ccco2)c1. The molecule has 2 rings (SSSR count). The smallest absolute Gasteiger partial charge is 0.254 e. The third kappa shape index (κ3) is 4.21. The fourth-order valence-corrected chi connectivity index (χ4v) is 2.17. The number of amides is 1. The molecule has 22 heavy (non-hydrogen) atoms. The van der Waals surface area contributed by atoms with E-state index in [1.807, 2.05) is 24.3 Å². The lowest BCUT2D eigenvalue weighted by Gasteiger charge is -2.20. The third-order valence-corrected chi connectivity index (χ3v) is 3.19. The van der Waals surface area contributed by atoms with Crippen LogP contribution < -0.4 is 0 Å². The average Bonchev–Trinajstić information content (AvgIpc) is 3.04. The van der Waals surface area contributed by atoms with Crippen LogP contribution >= 0.6 is 0 Å². The van der Waals surface area contributed by atoms with Gasteiger partial charge in [0.25, 0.3) is 5.91 Å². The maximum Gasteiger partial charge on any atom is 0.254 e. The van der Waals surface area contributed by atoms with Gasteiger partial charge in [0, 0.05) is 19.2 Å². The number of carbonyl (C=O) groups is 1. The van der Waals surface area contributed by atoms with Gasteiger partial charge in [0.1, 0.15) is 5.76 Å². The van der Waals surface area contributed by atoms with Crippen molar-refractivity contribution < 1.29 is 13.9 Å². The number of rotatable bonds is 7. The van der Waals surface area contributed by atoms with E-state index in [2.05, 4.69) is 6.07 Å². The lowest BCUT2D eigenvalue weighted by molar-refractivity contribution is 0.0735. The molecule has 5 heteroatoms. The van der Waals surface area contributed by atoms with E-state index in [1.165, 1.54) is 0 Å². The van der Waals surface area contributed by atoms with Gasteiger partial charge in [-0.3, -0.25) is 4.79 Å². The molecule has 0 atom stereocenters. The molecule has 0 spiro atoms. The second-order valence-electron chi connectivity index (χ2n) is 4.85. The van der Waals surface area contributed by atoms with Crippen molar-refractivity contribution in [2.24, 2.45) is 0 Å². The van der Waals surface area contributed by atoms with Gasteiger partial charge in [-0.25, -0.2) is 0 Å². The van der Waals surface area contributed by atoms with Crippen molar-refractivity contribution in [1.29, 1.82) is 5.26 Å². The van der Waals surface area contributed by atoms with Crippen LogP contribution in [-0.4, -0.2) is 24.5 Å². The molecule has 0 fully saturated rings. The fraction of sp³-hybridized carbons (Fsp3) is 0.294. The zero-order valence-electron chi connectivity index (χ0n) is 12.5. The van der Waals surface area contributed by atoms with Gasteiger partial charge >= 0.3 is 0 Å². The molecule has 0 aliphatic rings. The normalized spacial score (nSPS) is 10.2. The molecule has 1 heterocycles. The van der Waals surface area contributed by atoms with E-state index in [9.17, 15) is 4.79 Å². The average molecular weight is 298 g/mol. The Balaban J connectivity index is 2.16. The number of furan rings is 1. The second-order valence-corrected chi connectivity index (χ2v) is 4.85. The summed E-state index contributed by atoms with van der Waals surface area (Å²) >= 11 is 0. The van der Waals surface area contributed by atoms with Crippen LogP contribution in [0, 0.1) is 11.3 Å². The fourth-order valence-electron chi connectivity index (χ4n) is 2.17. The summed E-state index contributed by atoms with van der Waals surface area (Å²) in [6, 6.07) is 13.0. The maximum absolute atomic E-state index is 12.7. The summed E-state index contributed by atoms with van der Waals surface area (Å²) in [6.45, 7) is 1.17. The molecule has 0 aliphatic carbocycles. The largest absolute Gasteiger partial charge is 0.467 e. The van der Waals surface area contributed by atoms with Gasteiger partial charge in [0.05, 0.1) is 31.9 Å². The highest BCUT2D eigenvalue weighted by Gasteiger charge is 2.17.